The van der Waals surface area contributed by atoms with Crippen molar-refractivity contribution in [1.82, 2.24) is 10.2 Å². The van der Waals surface area contributed by atoms with E-state index >= 15 is 0 Å². The molecule has 1 N–H and O–H groups in total. The molecule has 0 spiro atoms. The van der Waals surface area contributed by atoms with E-state index in [-0.39, 0.29) is 0 Å². The van der Waals surface area contributed by atoms with Crippen LogP contribution in [0.25, 0.3) is 0 Å². The van der Waals surface area contributed by atoms with Gasteiger partial charge in [-0.05, 0) is 24.0 Å². The molecular formula is C16H26N2O. The van der Waals surface area contributed by atoms with Crippen LogP contribution in [0.5, 0.6) is 5.75 Å². The van der Waals surface area contributed by atoms with Crippen molar-refractivity contribution in [2.75, 3.05) is 39.3 Å². The minimum absolute atomic E-state index is 0.565. The van der Waals surface area contributed by atoms with Crippen molar-refractivity contribution < 1.29 is 4.74 Å². The maximum atomic E-state index is 6.00. The van der Waals surface area contributed by atoms with E-state index in [0.717, 1.165) is 51.5 Å². The smallest absolute Gasteiger partial charge is 0.122 e. The first-order chi connectivity index (χ1) is 9.31. The number of piperazine rings is 1. The summed E-state index contributed by atoms with van der Waals surface area (Å²) >= 11 is 0. The fourth-order valence-electron chi connectivity index (χ4n) is 2.46. The lowest BCUT2D eigenvalue weighted by molar-refractivity contribution is 0.190. The van der Waals surface area contributed by atoms with Crippen LogP contribution in [0.4, 0.5) is 0 Å². The lowest BCUT2D eigenvalue weighted by Gasteiger charge is -2.27. The molecule has 19 heavy (non-hydrogen) atoms. The Labute approximate surface area is 116 Å². The largest absolute Gasteiger partial charge is 0.492 e. The van der Waals surface area contributed by atoms with Crippen molar-refractivity contribution in [3.05, 3.63) is 29.8 Å². The van der Waals surface area contributed by atoms with Crippen LogP contribution in [0.15, 0.2) is 24.3 Å². The molecule has 1 unspecified atom stereocenters. The molecule has 1 atom stereocenters. The van der Waals surface area contributed by atoms with Crippen molar-refractivity contribution >= 4 is 0 Å². The molecule has 0 aromatic heterocycles. The number of hydrogen-bond donors (Lipinski definition) is 1. The maximum Gasteiger partial charge on any atom is 0.122 e. The molecule has 1 aromatic rings. The van der Waals surface area contributed by atoms with E-state index < -0.39 is 0 Å². The van der Waals surface area contributed by atoms with E-state index in [1.165, 1.54) is 5.56 Å². The van der Waals surface area contributed by atoms with Crippen LogP contribution in [-0.4, -0.2) is 44.2 Å². The Morgan fingerprint density at radius 2 is 2.00 bits per heavy atom. The van der Waals surface area contributed by atoms with Crippen molar-refractivity contribution in [3.8, 4) is 5.75 Å². The zero-order valence-corrected chi connectivity index (χ0v) is 12.2. The lowest BCUT2D eigenvalue weighted by atomic mass is 9.98. The Bertz CT molecular complexity index is 375. The molecule has 1 aliphatic rings. The highest BCUT2D eigenvalue weighted by molar-refractivity contribution is 5.35. The standard InChI is InChI=1S/C16H26N2O/c1-3-14(2)15-6-4-5-7-16(15)19-13-12-18-10-8-17-9-11-18/h4-7,14,17H,3,8-13H2,1-2H3. The molecule has 1 aliphatic heterocycles. The fourth-order valence-corrected chi connectivity index (χ4v) is 2.46. The van der Waals surface area contributed by atoms with Crippen LogP contribution in [0, 0.1) is 0 Å². The molecule has 1 heterocycles. The first-order valence-electron chi connectivity index (χ1n) is 7.46. The van der Waals surface area contributed by atoms with Gasteiger partial charge >= 0.3 is 0 Å². The second-order valence-corrected chi connectivity index (χ2v) is 5.29. The number of rotatable bonds is 6. The molecule has 0 aliphatic carbocycles. The first kappa shape index (κ1) is 14.4. The number of benzene rings is 1. The molecule has 1 saturated heterocycles. The zero-order chi connectivity index (χ0) is 13.5. The molecule has 0 amide bonds. The molecule has 0 saturated carbocycles. The molecule has 0 bridgehead atoms. The van der Waals surface area contributed by atoms with Gasteiger partial charge in [0.05, 0.1) is 0 Å². The predicted octanol–water partition coefficient (Wildman–Crippen LogP) is 2.48. The van der Waals surface area contributed by atoms with Crippen molar-refractivity contribution in [3.63, 3.8) is 0 Å². The maximum absolute atomic E-state index is 6.00. The Morgan fingerprint density at radius 1 is 1.26 bits per heavy atom. The predicted molar refractivity (Wildman–Crippen MR) is 80.0 cm³/mol. The average Bonchev–Trinajstić information content (AvgIpc) is 2.48. The highest BCUT2D eigenvalue weighted by Crippen LogP contribution is 2.28. The van der Waals surface area contributed by atoms with E-state index in [1.807, 2.05) is 0 Å². The average molecular weight is 262 g/mol. The quantitative estimate of drug-likeness (QED) is 0.852. The van der Waals surface area contributed by atoms with Gasteiger partial charge in [-0.2, -0.15) is 0 Å². The fraction of sp³-hybridized carbons (Fsp3) is 0.625. The van der Waals surface area contributed by atoms with Gasteiger partial charge in [0, 0.05) is 32.7 Å². The number of para-hydroxylation sites is 1. The van der Waals surface area contributed by atoms with E-state index in [9.17, 15) is 0 Å². The summed E-state index contributed by atoms with van der Waals surface area (Å²) in [6.45, 7) is 10.8. The molecule has 3 nitrogen and oxygen atoms in total. The van der Waals surface area contributed by atoms with Crippen molar-refractivity contribution in [1.29, 1.82) is 0 Å². The highest BCUT2D eigenvalue weighted by atomic mass is 16.5. The SMILES string of the molecule is CCC(C)c1ccccc1OCCN1CCNCC1. The van der Waals surface area contributed by atoms with Gasteiger partial charge in [-0.15, -0.1) is 0 Å². The van der Waals surface area contributed by atoms with Gasteiger partial charge in [0.2, 0.25) is 0 Å². The van der Waals surface area contributed by atoms with Gasteiger partial charge in [0.15, 0.2) is 0 Å². The van der Waals surface area contributed by atoms with Gasteiger partial charge in [0.25, 0.3) is 0 Å². The Morgan fingerprint density at radius 3 is 2.74 bits per heavy atom. The summed E-state index contributed by atoms with van der Waals surface area (Å²) in [5.74, 6) is 1.63. The Balaban J connectivity index is 1.84. The molecule has 3 heteroatoms. The summed E-state index contributed by atoms with van der Waals surface area (Å²) in [6, 6.07) is 8.45. The highest BCUT2D eigenvalue weighted by Gasteiger charge is 2.11. The van der Waals surface area contributed by atoms with Gasteiger partial charge < -0.3 is 10.1 Å². The normalized spacial score (nSPS) is 18.2. The zero-order valence-electron chi connectivity index (χ0n) is 12.2. The van der Waals surface area contributed by atoms with Gasteiger partial charge in [-0.25, -0.2) is 0 Å². The van der Waals surface area contributed by atoms with Crippen molar-refractivity contribution in [2.24, 2.45) is 0 Å². The molecule has 1 fully saturated rings. The van der Waals surface area contributed by atoms with E-state index in [1.54, 1.807) is 0 Å². The number of ether oxygens (including phenoxy) is 1. The molecule has 0 radical (unpaired) electrons. The minimum Gasteiger partial charge on any atom is -0.492 e. The summed E-state index contributed by atoms with van der Waals surface area (Å²) in [5, 5.41) is 3.37. The van der Waals surface area contributed by atoms with E-state index in [2.05, 4.69) is 48.3 Å². The van der Waals surface area contributed by atoms with E-state index in [4.69, 9.17) is 4.74 Å². The van der Waals surface area contributed by atoms with Crippen LogP contribution in [-0.2, 0) is 0 Å². The van der Waals surface area contributed by atoms with Crippen molar-refractivity contribution in [2.45, 2.75) is 26.2 Å². The summed E-state index contributed by atoms with van der Waals surface area (Å²) in [7, 11) is 0. The van der Waals surface area contributed by atoms with Crippen LogP contribution < -0.4 is 10.1 Å². The monoisotopic (exact) mass is 262 g/mol. The lowest BCUT2D eigenvalue weighted by Crippen LogP contribution is -2.44. The Hall–Kier alpha value is -1.06. The number of nitrogens with one attached hydrogen (secondary N) is 1. The minimum atomic E-state index is 0.565. The third-order valence-corrected chi connectivity index (χ3v) is 3.94. The second kappa shape index (κ2) is 7.51. The number of hydrogen-bond acceptors (Lipinski definition) is 3. The Kier molecular flexibility index (Phi) is 5.67. The van der Waals surface area contributed by atoms with Crippen LogP contribution in [0.1, 0.15) is 31.7 Å². The molecular weight excluding hydrogens is 236 g/mol. The van der Waals surface area contributed by atoms with Gasteiger partial charge in [-0.3, -0.25) is 4.90 Å². The topological polar surface area (TPSA) is 24.5 Å². The van der Waals surface area contributed by atoms with Crippen LogP contribution in [0.2, 0.25) is 0 Å². The van der Waals surface area contributed by atoms with Gasteiger partial charge in [-0.1, -0.05) is 32.0 Å². The second-order valence-electron chi connectivity index (χ2n) is 5.29. The summed E-state index contributed by atoms with van der Waals surface area (Å²) in [6.07, 6.45) is 1.15. The summed E-state index contributed by atoms with van der Waals surface area (Å²) in [4.78, 5) is 2.46. The van der Waals surface area contributed by atoms with Gasteiger partial charge in [0.1, 0.15) is 12.4 Å². The van der Waals surface area contributed by atoms with Crippen LogP contribution in [0.3, 0.4) is 0 Å². The van der Waals surface area contributed by atoms with Crippen LogP contribution >= 0.6 is 0 Å². The number of nitrogens with zero attached hydrogens (tertiary/aromatic N) is 1. The third-order valence-electron chi connectivity index (χ3n) is 3.94. The molecule has 1 aromatic carbocycles. The molecule has 2 rings (SSSR count). The van der Waals surface area contributed by atoms with E-state index in [0.29, 0.717) is 5.92 Å². The third kappa shape index (κ3) is 4.22. The summed E-state index contributed by atoms with van der Waals surface area (Å²) < 4.78 is 6.00. The first-order valence-corrected chi connectivity index (χ1v) is 7.46. The molecule has 106 valence electrons. The summed E-state index contributed by atoms with van der Waals surface area (Å²) in [5.41, 5.74) is 1.34.